The predicted octanol–water partition coefficient (Wildman–Crippen LogP) is 2.88. The maximum atomic E-state index is 11.9. The van der Waals surface area contributed by atoms with Crippen molar-refractivity contribution in [1.29, 1.82) is 0 Å². The lowest BCUT2D eigenvalue weighted by Crippen LogP contribution is -2.43. The standard InChI is InChI=1S/C18H31NO5/c1-16(2,3)23-14(21)8-11-18(10-7-13(20)19-18)12-9-15(22)24-17(4,5)6/h7-12H2,1-6H3,(H,19,20). The molecule has 0 aromatic carbocycles. The Hall–Kier alpha value is -1.59. The van der Waals surface area contributed by atoms with Crippen LogP contribution in [0.4, 0.5) is 0 Å². The van der Waals surface area contributed by atoms with E-state index in [1.54, 1.807) is 0 Å². The largest absolute Gasteiger partial charge is 0.460 e. The second-order valence-electron chi connectivity index (χ2n) is 8.50. The lowest BCUT2D eigenvalue weighted by molar-refractivity contribution is -0.155. The van der Waals surface area contributed by atoms with Crippen molar-refractivity contribution in [1.82, 2.24) is 5.32 Å². The molecule has 0 aromatic heterocycles. The number of ether oxygens (including phenoxy) is 2. The van der Waals surface area contributed by atoms with E-state index in [1.807, 2.05) is 41.5 Å². The van der Waals surface area contributed by atoms with E-state index in [1.165, 1.54) is 0 Å². The molecule has 1 rings (SSSR count). The third kappa shape index (κ3) is 7.79. The van der Waals surface area contributed by atoms with E-state index < -0.39 is 16.7 Å². The molecular weight excluding hydrogens is 310 g/mol. The van der Waals surface area contributed by atoms with Gasteiger partial charge in [-0.3, -0.25) is 14.4 Å². The first-order chi connectivity index (χ1) is 10.8. The molecule has 1 aliphatic heterocycles. The Morgan fingerprint density at radius 1 is 0.958 bits per heavy atom. The van der Waals surface area contributed by atoms with Gasteiger partial charge in [0, 0.05) is 24.8 Å². The minimum absolute atomic E-state index is 0.0385. The van der Waals surface area contributed by atoms with Gasteiger partial charge in [-0.05, 0) is 60.8 Å². The Kier molecular flexibility index (Phi) is 6.42. The molecule has 0 aromatic rings. The van der Waals surface area contributed by atoms with Gasteiger partial charge in [0.1, 0.15) is 11.2 Å². The van der Waals surface area contributed by atoms with Crippen molar-refractivity contribution in [3.63, 3.8) is 0 Å². The number of carbonyl (C=O) groups is 3. The summed E-state index contributed by atoms with van der Waals surface area (Å²) >= 11 is 0. The molecule has 1 aliphatic rings. The van der Waals surface area contributed by atoms with Crippen LogP contribution in [0.5, 0.6) is 0 Å². The Morgan fingerprint density at radius 3 is 1.67 bits per heavy atom. The van der Waals surface area contributed by atoms with Crippen molar-refractivity contribution < 1.29 is 23.9 Å². The number of hydrogen-bond donors (Lipinski definition) is 1. The van der Waals surface area contributed by atoms with Gasteiger partial charge in [-0.15, -0.1) is 0 Å². The molecule has 6 heteroatoms. The third-order valence-corrected chi connectivity index (χ3v) is 3.69. The van der Waals surface area contributed by atoms with Crippen LogP contribution in [-0.4, -0.2) is 34.6 Å². The van der Waals surface area contributed by atoms with Gasteiger partial charge in [0.15, 0.2) is 0 Å². The summed E-state index contributed by atoms with van der Waals surface area (Å²) in [5.41, 5.74) is -1.58. The number of rotatable bonds is 6. The highest BCUT2D eigenvalue weighted by molar-refractivity contribution is 5.80. The topological polar surface area (TPSA) is 81.7 Å². The number of amides is 1. The average Bonchev–Trinajstić information content (AvgIpc) is 2.73. The van der Waals surface area contributed by atoms with E-state index in [4.69, 9.17) is 9.47 Å². The molecule has 0 aliphatic carbocycles. The molecule has 24 heavy (non-hydrogen) atoms. The smallest absolute Gasteiger partial charge is 0.306 e. The SMILES string of the molecule is CC(C)(C)OC(=O)CCC1(CCC(=O)OC(C)(C)C)CCC(=O)N1. The highest BCUT2D eigenvalue weighted by atomic mass is 16.6. The molecule has 1 amide bonds. The Bertz CT molecular complexity index is 453. The van der Waals surface area contributed by atoms with E-state index in [0.717, 1.165) is 0 Å². The lowest BCUT2D eigenvalue weighted by Gasteiger charge is -2.30. The number of esters is 2. The highest BCUT2D eigenvalue weighted by Gasteiger charge is 2.38. The van der Waals surface area contributed by atoms with Crippen LogP contribution in [0.2, 0.25) is 0 Å². The summed E-state index contributed by atoms with van der Waals surface area (Å²) in [5, 5.41) is 2.95. The maximum absolute atomic E-state index is 11.9. The molecule has 0 unspecified atom stereocenters. The first-order valence-electron chi connectivity index (χ1n) is 8.55. The summed E-state index contributed by atoms with van der Waals surface area (Å²) < 4.78 is 10.6. The lowest BCUT2D eigenvalue weighted by atomic mass is 9.86. The molecule has 1 saturated heterocycles. The molecule has 0 spiro atoms. The van der Waals surface area contributed by atoms with Gasteiger partial charge in [-0.2, -0.15) is 0 Å². The average molecular weight is 341 g/mol. The van der Waals surface area contributed by atoms with Gasteiger partial charge < -0.3 is 14.8 Å². The summed E-state index contributed by atoms with van der Waals surface area (Å²) in [4.78, 5) is 35.5. The summed E-state index contributed by atoms with van der Waals surface area (Å²) in [7, 11) is 0. The summed E-state index contributed by atoms with van der Waals surface area (Å²) in [6.45, 7) is 10.9. The zero-order valence-corrected chi connectivity index (χ0v) is 15.8. The van der Waals surface area contributed by atoms with E-state index in [-0.39, 0.29) is 30.7 Å². The van der Waals surface area contributed by atoms with E-state index >= 15 is 0 Å². The summed E-state index contributed by atoms with van der Waals surface area (Å²) in [6, 6.07) is 0. The molecule has 0 saturated carbocycles. The molecule has 138 valence electrons. The van der Waals surface area contributed by atoms with Gasteiger partial charge in [-0.25, -0.2) is 0 Å². The van der Waals surface area contributed by atoms with Crippen LogP contribution in [0.15, 0.2) is 0 Å². The highest BCUT2D eigenvalue weighted by Crippen LogP contribution is 2.31. The van der Waals surface area contributed by atoms with Gasteiger partial charge >= 0.3 is 11.9 Å². The third-order valence-electron chi connectivity index (χ3n) is 3.69. The molecule has 6 nitrogen and oxygen atoms in total. The van der Waals surface area contributed by atoms with Crippen molar-refractivity contribution in [3.8, 4) is 0 Å². The van der Waals surface area contributed by atoms with Crippen molar-refractivity contribution >= 4 is 17.8 Å². The Labute approximate surface area is 144 Å². The fourth-order valence-electron chi connectivity index (χ4n) is 2.74. The van der Waals surface area contributed by atoms with Gasteiger partial charge in [0.2, 0.25) is 5.91 Å². The maximum Gasteiger partial charge on any atom is 0.306 e. The zero-order valence-electron chi connectivity index (χ0n) is 15.8. The molecule has 1 fully saturated rings. The van der Waals surface area contributed by atoms with Crippen LogP contribution < -0.4 is 5.32 Å². The van der Waals surface area contributed by atoms with Crippen LogP contribution >= 0.6 is 0 Å². The number of nitrogens with one attached hydrogen (secondary N) is 1. The van der Waals surface area contributed by atoms with E-state index in [2.05, 4.69) is 5.32 Å². The van der Waals surface area contributed by atoms with E-state index in [0.29, 0.717) is 25.7 Å². The van der Waals surface area contributed by atoms with Crippen LogP contribution in [0.1, 0.15) is 80.1 Å². The minimum Gasteiger partial charge on any atom is -0.460 e. The van der Waals surface area contributed by atoms with Gasteiger partial charge in [-0.1, -0.05) is 0 Å². The van der Waals surface area contributed by atoms with Gasteiger partial charge in [0.05, 0.1) is 0 Å². The van der Waals surface area contributed by atoms with Gasteiger partial charge in [0.25, 0.3) is 0 Å². The second-order valence-corrected chi connectivity index (χ2v) is 8.50. The van der Waals surface area contributed by atoms with Crippen molar-refractivity contribution in [2.75, 3.05) is 0 Å². The fourth-order valence-corrected chi connectivity index (χ4v) is 2.74. The summed E-state index contributed by atoms with van der Waals surface area (Å²) in [6.07, 6.45) is 2.41. The Balaban J connectivity index is 2.59. The molecule has 0 bridgehead atoms. The zero-order chi connectivity index (χ0) is 18.6. The van der Waals surface area contributed by atoms with Crippen molar-refractivity contribution in [2.24, 2.45) is 0 Å². The van der Waals surface area contributed by atoms with Crippen LogP contribution in [-0.2, 0) is 23.9 Å². The fraction of sp³-hybridized carbons (Fsp3) is 0.833. The first kappa shape index (κ1) is 20.5. The summed E-state index contributed by atoms with van der Waals surface area (Å²) in [5.74, 6) is -0.621. The number of hydrogen-bond acceptors (Lipinski definition) is 5. The Morgan fingerprint density at radius 2 is 1.38 bits per heavy atom. The second kappa shape index (κ2) is 7.53. The minimum atomic E-state index is -0.528. The van der Waals surface area contributed by atoms with Crippen LogP contribution in [0.3, 0.4) is 0 Å². The van der Waals surface area contributed by atoms with Crippen molar-refractivity contribution in [2.45, 2.75) is 96.8 Å². The molecule has 1 N–H and O–H groups in total. The quantitative estimate of drug-likeness (QED) is 0.751. The van der Waals surface area contributed by atoms with Crippen LogP contribution in [0, 0.1) is 0 Å². The molecular formula is C18H31NO5. The van der Waals surface area contributed by atoms with Crippen LogP contribution in [0.25, 0.3) is 0 Å². The molecule has 0 radical (unpaired) electrons. The molecule has 1 heterocycles. The number of carbonyl (C=O) groups excluding carboxylic acids is 3. The van der Waals surface area contributed by atoms with E-state index in [9.17, 15) is 14.4 Å². The first-order valence-corrected chi connectivity index (χ1v) is 8.55. The predicted molar refractivity (Wildman–Crippen MR) is 90.3 cm³/mol. The monoisotopic (exact) mass is 341 g/mol. The normalized spacial score (nSPS) is 17.3. The van der Waals surface area contributed by atoms with Crippen molar-refractivity contribution in [3.05, 3.63) is 0 Å². The molecule has 0 atom stereocenters.